The number of para-hydroxylation sites is 1. The van der Waals surface area contributed by atoms with Gasteiger partial charge >= 0.3 is 0 Å². The average Bonchev–Trinajstić information content (AvgIpc) is 3.33. The third kappa shape index (κ3) is 3.45. The molecule has 2 aromatic carbocycles. The number of amides is 1. The van der Waals surface area contributed by atoms with Crippen molar-refractivity contribution < 1.29 is 18.7 Å². The Balaban J connectivity index is 1.59. The molecule has 0 spiro atoms. The average molecular weight is 408 g/mol. The standard InChI is InChI=1S/C22H20N2O4S/c1-12-6-5-7-15-13(2)20(28-19(12)15)21(25)24-22-23-16(11-29-22)14-8-9-17(26-3)18(10-14)27-4/h5-11H,1-4H3,(H,23,24,25). The number of methoxy groups -OCH3 is 2. The van der Waals surface area contributed by atoms with Crippen molar-refractivity contribution in [3.63, 3.8) is 0 Å². The Morgan fingerprint density at radius 3 is 2.62 bits per heavy atom. The maximum absolute atomic E-state index is 12.8. The molecule has 2 heterocycles. The lowest BCUT2D eigenvalue weighted by Gasteiger charge is -2.08. The fourth-order valence-electron chi connectivity index (χ4n) is 3.21. The van der Waals surface area contributed by atoms with Gasteiger partial charge in [-0.15, -0.1) is 11.3 Å². The number of anilines is 1. The number of hydrogen-bond donors (Lipinski definition) is 1. The van der Waals surface area contributed by atoms with E-state index in [1.165, 1.54) is 11.3 Å². The highest BCUT2D eigenvalue weighted by Crippen LogP contribution is 2.34. The number of ether oxygens (including phenoxy) is 2. The topological polar surface area (TPSA) is 73.6 Å². The lowest BCUT2D eigenvalue weighted by atomic mass is 10.1. The summed E-state index contributed by atoms with van der Waals surface area (Å²) in [6.45, 7) is 3.85. The van der Waals surface area contributed by atoms with E-state index < -0.39 is 0 Å². The first-order chi connectivity index (χ1) is 14.0. The van der Waals surface area contributed by atoms with E-state index >= 15 is 0 Å². The van der Waals surface area contributed by atoms with Crippen LogP contribution in [0.15, 0.2) is 46.2 Å². The maximum Gasteiger partial charge on any atom is 0.293 e. The fourth-order valence-corrected chi connectivity index (χ4v) is 3.93. The molecule has 0 aliphatic heterocycles. The minimum Gasteiger partial charge on any atom is -0.493 e. The second-order valence-corrected chi connectivity index (χ2v) is 7.43. The Labute approximate surface area is 172 Å². The van der Waals surface area contributed by atoms with Crippen LogP contribution in [0.1, 0.15) is 21.7 Å². The van der Waals surface area contributed by atoms with Gasteiger partial charge in [-0.3, -0.25) is 10.1 Å². The number of aromatic nitrogens is 1. The summed E-state index contributed by atoms with van der Waals surface area (Å²) in [5.74, 6) is 1.26. The molecule has 0 bridgehead atoms. The Morgan fingerprint density at radius 1 is 1.10 bits per heavy atom. The van der Waals surface area contributed by atoms with E-state index in [9.17, 15) is 4.79 Å². The van der Waals surface area contributed by atoms with E-state index in [2.05, 4.69) is 10.3 Å². The highest BCUT2D eigenvalue weighted by atomic mass is 32.1. The van der Waals surface area contributed by atoms with Crippen molar-refractivity contribution in [2.24, 2.45) is 0 Å². The monoisotopic (exact) mass is 408 g/mol. The molecule has 0 radical (unpaired) electrons. The highest BCUT2D eigenvalue weighted by Gasteiger charge is 2.20. The van der Waals surface area contributed by atoms with Gasteiger partial charge in [0.15, 0.2) is 22.4 Å². The molecule has 2 aromatic heterocycles. The molecule has 7 heteroatoms. The molecule has 1 N–H and O–H groups in total. The molecule has 0 saturated heterocycles. The van der Waals surface area contributed by atoms with Crippen LogP contribution in [0.2, 0.25) is 0 Å². The van der Waals surface area contributed by atoms with Crippen molar-refractivity contribution in [3.05, 3.63) is 58.7 Å². The number of aryl methyl sites for hydroxylation is 2. The normalized spacial score (nSPS) is 10.9. The molecule has 0 fully saturated rings. The van der Waals surface area contributed by atoms with E-state index in [0.717, 1.165) is 33.4 Å². The van der Waals surface area contributed by atoms with Gasteiger partial charge in [-0.2, -0.15) is 0 Å². The van der Waals surface area contributed by atoms with E-state index in [4.69, 9.17) is 13.9 Å². The van der Waals surface area contributed by atoms with Crippen LogP contribution in [0, 0.1) is 13.8 Å². The van der Waals surface area contributed by atoms with E-state index in [-0.39, 0.29) is 5.91 Å². The van der Waals surface area contributed by atoms with Crippen molar-refractivity contribution in [1.29, 1.82) is 0 Å². The molecule has 6 nitrogen and oxygen atoms in total. The second-order valence-electron chi connectivity index (χ2n) is 6.57. The molecule has 4 rings (SSSR count). The summed E-state index contributed by atoms with van der Waals surface area (Å²) in [4.78, 5) is 17.3. The lowest BCUT2D eigenvalue weighted by Crippen LogP contribution is -2.11. The maximum atomic E-state index is 12.8. The molecule has 4 aromatic rings. The second kappa shape index (κ2) is 7.60. The van der Waals surface area contributed by atoms with Crippen molar-refractivity contribution >= 4 is 33.3 Å². The number of hydrogen-bond acceptors (Lipinski definition) is 6. The molecule has 0 atom stereocenters. The van der Waals surface area contributed by atoms with Gasteiger partial charge in [0, 0.05) is 21.9 Å². The third-order valence-corrected chi connectivity index (χ3v) is 5.53. The third-order valence-electron chi connectivity index (χ3n) is 4.77. The van der Waals surface area contributed by atoms with Crippen LogP contribution >= 0.6 is 11.3 Å². The minimum absolute atomic E-state index is 0.303. The fraction of sp³-hybridized carbons (Fsp3) is 0.182. The summed E-state index contributed by atoms with van der Waals surface area (Å²) in [5.41, 5.74) is 4.16. The lowest BCUT2D eigenvalue weighted by molar-refractivity contribution is 0.0998. The smallest absolute Gasteiger partial charge is 0.293 e. The number of rotatable bonds is 5. The molecule has 0 saturated carbocycles. The predicted molar refractivity (Wildman–Crippen MR) is 114 cm³/mol. The van der Waals surface area contributed by atoms with Crippen LogP contribution in [-0.2, 0) is 0 Å². The zero-order chi connectivity index (χ0) is 20.5. The Kier molecular flexibility index (Phi) is 4.98. The summed E-state index contributed by atoms with van der Waals surface area (Å²) in [6, 6.07) is 11.4. The number of carbonyl (C=O) groups excluding carboxylic acids is 1. The number of carbonyl (C=O) groups is 1. The SMILES string of the molecule is COc1ccc(-c2csc(NC(=O)c3oc4c(C)cccc4c3C)n2)cc1OC. The van der Waals surface area contributed by atoms with Crippen molar-refractivity contribution in [2.75, 3.05) is 19.5 Å². The van der Waals surface area contributed by atoms with Crippen molar-refractivity contribution in [1.82, 2.24) is 4.98 Å². The van der Waals surface area contributed by atoms with E-state index in [1.807, 2.05) is 55.6 Å². The molecular formula is C22H20N2O4S. The zero-order valence-electron chi connectivity index (χ0n) is 16.5. The van der Waals surface area contributed by atoms with Crippen LogP contribution < -0.4 is 14.8 Å². The number of nitrogens with zero attached hydrogens (tertiary/aromatic N) is 1. The van der Waals surface area contributed by atoms with Crippen molar-refractivity contribution in [2.45, 2.75) is 13.8 Å². The first kappa shape index (κ1) is 19.0. The van der Waals surface area contributed by atoms with Gasteiger partial charge in [0.1, 0.15) is 5.58 Å². The Hall–Kier alpha value is -3.32. The van der Waals surface area contributed by atoms with Gasteiger partial charge in [-0.25, -0.2) is 4.98 Å². The minimum atomic E-state index is -0.314. The van der Waals surface area contributed by atoms with Gasteiger partial charge in [-0.1, -0.05) is 18.2 Å². The summed E-state index contributed by atoms with van der Waals surface area (Å²) in [6.07, 6.45) is 0. The molecular weight excluding hydrogens is 388 g/mol. The van der Waals surface area contributed by atoms with Crippen LogP contribution in [0.5, 0.6) is 11.5 Å². The zero-order valence-corrected chi connectivity index (χ0v) is 17.3. The molecule has 0 aliphatic carbocycles. The highest BCUT2D eigenvalue weighted by molar-refractivity contribution is 7.14. The molecule has 148 valence electrons. The number of nitrogens with one attached hydrogen (secondary N) is 1. The van der Waals surface area contributed by atoms with E-state index in [1.54, 1.807) is 14.2 Å². The quantitative estimate of drug-likeness (QED) is 0.476. The van der Waals surface area contributed by atoms with Crippen LogP contribution in [0.3, 0.4) is 0 Å². The summed E-state index contributed by atoms with van der Waals surface area (Å²) in [7, 11) is 3.18. The molecule has 1 amide bonds. The molecule has 29 heavy (non-hydrogen) atoms. The molecule has 0 aliphatic rings. The number of benzene rings is 2. The first-order valence-corrected chi connectivity index (χ1v) is 9.87. The Morgan fingerprint density at radius 2 is 1.90 bits per heavy atom. The molecule has 0 unspecified atom stereocenters. The van der Waals surface area contributed by atoms with E-state index in [0.29, 0.717) is 22.4 Å². The van der Waals surface area contributed by atoms with Gasteiger partial charge < -0.3 is 13.9 Å². The number of thiazole rings is 1. The van der Waals surface area contributed by atoms with Crippen LogP contribution in [-0.4, -0.2) is 25.1 Å². The number of furan rings is 1. The summed E-state index contributed by atoms with van der Waals surface area (Å²) < 4.78 is 16.5. The van der Waals surface area contributed by atoms with Gasteiger partial charge in [0.05, 0.1) is 19.9 Å². The number of fused-ring (bicyclic) bond motifs is 1. The van der Waals surface area contributed by atoms with Crippen molar-refractivity contribution in [3.8, 4) is 22.8 Å². The Bertz CT molecular complexity index is 1210. The predicted octanol–water partition coefficient (Wildman–Crippen LogP) is 5.44. The van der Waals surface area contributed by atoms with Gasteiger partial charge in [0.2, 0.25) is 0 Å². The van der Waals surface area contributed by atoms with Gasteiger partial charge in [-0.05, 0) is 37.6 Å². The summed E-state index contributed by atoms with van der Waals surface area (Å²) >= 11 is 1.35. The summed E-state index contributed by atoms with van der Waals surface area (Å²) in [5, 5.41) is 6.16. The van der Waals surface area contributed by atoms with Crippen LogP contribution in [0.25, 0.3) is 22.2 Å². The van der Waals surface area contributed by atoms with Gasteiger partial charge in [0.25, 0.3) is 5.91 Å². The van der Waals surface area contributed by atoms with Crippen LogP contribution in [0.4, 0.5) is 5.13 Å². The largest absolute Gasteiger partial charge is 0.493 e. The first-order valence-electron chi connectivity index (χ1n) is 8.99.